The van der Waals surface area contributed by atoms with E-state index in [1.54, 1.807) is 0 Å². The van der Waals surface area contributed by atoms with Crippen molar-refractivity contribution in [2.45, 2.75) is 25.3 Å². The summed E-state index contributed by atoms with van der Waals surface area (Å²) in [7, 11) is 0. The molecule has 0 fully saturated rings. The molecule has 0 bridgehead atoms. The third kappa shape index (κ3) is 5.15. The Hall–Kier alpha value is -2.76. The fourth-order valence-electron chi connectivity index (χ4n) is 2.32. The molecule has 24 heavy (non-hydrogen) atoms. The molecule has 126 valence electrons. The summed E-state index contributed by atoms with van der Waals surface area (Å²) < 4.78 is 26.6. The van der Waals surface area contributed by atoms with E-state index in [0.717, 1.165) is 23.8 Å². The Labute approximate surface area is 138 Å². The second-order valence-corrected chi connectivity index (χ2v) is 5.45. The maximum absolute atomic E-state index is 13.5. The van der Waals surface area contributed by atoms with Gasteiger partial charge in [0.1, 0.15) is 17.7 Å². The Morgan fingerprint density at radius 2 is 1.79 bits per heavy atom. The predicted octanol–water partition coefficient (Wildman–Crippen LogP) is 2.11. The molecule has 2 amide bonds. The van der Waals surface area contributed by atoms with E-state index in [1.807, 2.05) is 30.3 Å². The molecule has 1 unspecified atom stereocenters. The SMILES string of the molecule is NC(=O)C(Cc1ccccc1)NC(=O)CCc1cc(F)ccc1F. The molecular formula is C18H18F2N2O2. The Balaban J connectivity index is 1.93. The van der Waals surface area contributed by atoms with Gasteiger partial charge in [0.2, 0.25) is 11.8 Å². The normalized spacial score (nSPS) is 11.8. The van der Waals surface area contributed by atoms with Crippen molar-refractivity contribution in [2.75, 3.05) is 0 Å². The molecule has 2 rings (SSSR count). The number of nitrogens with two attached hydrogens (primary N) is 1. The second kappa shape index (κ2) is 8.19. The summed E-state index contributed by atoms with van der Waals surface area (Å²) in [4.78, 5) is 23.5. The molecule has 6 heteroatoms. The number of nitrogens with one attached hydrogen (secondary N) is 1. The highest BCUT2D eigenvalue weighted by Crippen LogP contribution is 2.12. The molecule has 0 saturated carbocycles. The van der Waals surface area contributed by atoms with E-state index in [-0.39, 0.29) is 24.8 Å². The van der Waals surface area contributed by atoms with E-state index < -0.39 is 29.5 Å². The summed E-state index contributed by atoms with van der Waals surface area (Å²) in [6.45, 7) is 0. The summed E-state index contributed by atoms with van der Waals surface area (Å²) in [6, 6.07) is 11.4. The van der Waals surface area contributed by atoms with Crippen LogP contribution in [0.5, 0.6) is 0 Å². The average molecular weight is 332 g/mol. The molecule has 0 heterocycles. The summed E-state index contributed by atoms with van der Waals surface area (Å²) in [5, 5.41) is 2.54. The van der Waals surface area contributed by atoms with Gasteiger partial charge in [0.15, 0.2) is 0 Å². The van der Waals surface area contributed by atoms with Crippen LogP contribution < -0.4 is 11.1 Å². The number of amides is 2. The Morgan fingerprint density at radius 3 is 2.46 bits per heavy atom. The first kappa shape index (κ1) is 17.6. The van der Waals surface area contributed by atoms with Gasteiger partial charge in [-0.05, 0) is 35.7 Å². The topological polar surface area (TPSA) is 72.2 Å². The minimum Gasteiger partial charge on any atom is -0.368 e. The fraction of sp³-hybridized carbons (Fsp3) is 0.222. The van der Waals surface area contributed by atoms with Crippen molar-refractivity contribution in [3.05, 3.63) is 71.3 Å². The van der Waals surface area contributed by atoms with Crippen molar-refractivity contribution in [3.8, 4) is 0 Å². The van der Waals surface area contributed by atoms with Crippen LogP contribution >= 0.6 is 0 Å². The van der Waals surface area contributed by atoms with Gasteiger partial charge in [-0.2, -0.15) is 0 Å². The highest BCUT2D eigenvalue weighted by molar-refractivity contribution is 5.86. The first-order valence-electron chi connectivity index (χ1n) is 7.52. The highest BCUT2D eigenvalue weighted by atomic mass is 19.1. The van der Waals surface area contributed by atoms with Gasteiger partial charge in [0.25, 0.3) is 0 Å². The van der Waals surface area contributed by atoms with Crippen LogP contribution in [0, 0.1) is 11.6 Å². The van der Waals surface area contributed by atoms with Crippen LogP contribution in [0.1, 0.15) is 17.5 Å². The van der Waals surface area contributed by atoms with E-state index in [2.05, 4.69) is 5.32 Å². The first-order chi connectivity index (χ1) is 11.5. The predicted molar refractivity (Wildman–Crippen MR) is 86.0 cm³/mol. The Bertz CT molecular complexity index is 720. The van der Waals surface area contributed by atoms with E-state index in [4.69, 9.17) is 5.73 Å². The van der Waals surface area contributed by atoms with Crippen molar-refractivity contribution in [2.24, 2.45) is 5.73 Å². The smallest absolute Gasteiger partial charge is 0.240 e. The molecule has 3 N–H and O–H groups in total. The van der Waals surface area contributed by atoms with Gasteiger partial charge in [0, 0.05) is 12.8 Å². The van der Waals surface area contributed by atoms with Crippen molar-refractivity contribution in [1.82, 2.24) is 5.32 Å². The van der Waals surface area contributed by atoms with Crippen molar-refractivity contribution in [3.63, 3.8) is 0 Å². The molecule has 0 saturated heterocycles. The minimum atomic E-state index is -0.850. The van der Waals surface area contributed by atoms with Gasteiger partial charge in [-0.1, -0.05) is 30.3 Å². The minimum absolute atomic E-state index is 0.0340. The number of carbonyl (C=O) groups is 2. The summed E-state index contributed by atoms with van der Waals surface area (Å²) in [5.41, 5.74) is 6.29. The standard InChI is InChI=1S/C18H18F2N2O2/c19-14-7-8-15(20)13(11-14)6-9-17(23)22-16(18(21)24)10-12-4-2-1-3-5-12/h1-5,7-8,11,16H,6,9-10H2,(H2,21,24)(H,22,23). The molecule has 0 aromatic heterocycles. The zero-order valence-electron chi connectivity index (χ0n) is 13.0. The number of benzene rings is 2. The number of halogens is 2. The first-order valence-corrected chi connectivity index (χ1v) is 7.52. The summed E-state index contributed by atoms with van der Waals surface area (Å²) >= 11 is 0. The average Bonchev–Trinajstić information content (AvgIpc) is 2.56. The van der Waals surface area contributed by atoms with E-state index in [1.165, 1.54) is 0 Å². The summed E-state index contributed by atoms with van der Waals surface area (Å²) in [5.74, 6) is -2.23. The van der Waals surface area contributed by atoms with Crippen LogP contribution in [0.15, 0.2) is 48.5 Å². The van der Waals surface area contributed by atoms with Crippen LogP contribution in [0.2, 0.25) is 0 Å². The lowest BCUT2D eigenvalue weighted by Crippen LogP contribution is -2.45. The second-order valence-electron chi connectivity index (χ2n) is 5.45. The lowest BCUT2D eigenvalue weighted by atomic mass is 10.0. The molecule has 0 aliphatic carbocycles. The zero-order valence-corrected chi connectivity index (χ0v) is 13.0. The van der Waals surface area contributed by atoms with Crippen LogP contribution in [-0.4, -0.2) is 17.9 Å². The Kier molecular flexibility index (Phi) is 6.01. The van der Waals surface area contributed by atoms with Crippen LogP contribution in [0.25, 0.3) is 0 Å². The van der Waals surface area contributed by atoms with Gasteiger partial charge in [-0.15, -0.1) is 0 Å². The number of hydrogen-bond acceptors (Lipinski definition) is 2. The van der Waals surface area contributed by atoms with E-state index in [0.29, 0.717) is 0 Å². The molecule has 2 aromatic rings. The largest absolute Gasteiger partial charge is 0.368 e. The van der Waals surface area contributed by atoms with E-state index >= 15 is 0 Å². The molecule has 4 nitrogen and oxygen atoms in total. The lowest BCUT2D eigenvalue weighted by Gasteiger charge is -2.15. The third-order valence-corrected chi connectivity index (χ3v) is 3.59. The van der Waals surface area contributed by atoms with Crippen molar-refractivity contribution in [1.29, 1.82) is 0 Å². The number of aryl methyl sites for hydroxylation is 1. The van der Waals surface area contributed by atoms with Crippen LogP contribution in [-0.2, 0) is 22.4 Å². The Morgan fingerprint density at radius 1 is 1.08 bits per heavy atom. The van der Waals surface area contributed by atoms with Gasteiger partial charge in [0.05, 0.1) is 0 Å². The molecular weight excluding hydrogens is 314 g/mol. The third-order valence-electron chi connectivity index (χ3n) is 3.59. The van der Waals surface area contributed by atoms with E-state index in [9.17, 15) is 18.4 Å². The van der Waals surface area contributed by atoms with Crippen molar-refractivity contribution < 1.29 is 18.4 Å². The molecule has 1 atom stereocenters. The zero-order chi connectivity index (χ0) is 17.5. The van der Waals surface area contributed by atoms with Gasteiger partial charge >= 0.3 is 0 Å². The number of carbonyl (C=O) groups excluding carboxylic acids is 2. The van der Waals surface area contributed by atoms with Gasteiger partial charge in [-0.3, -0.25) is 9.59 Å². The highest BCUT2D eigenvalue weighted by Gasteiger charge is 2.18. The lowest BCUT2D eigenvalue weighted by molar-refractivity contribution is -0.127. The number of hydrogen-bond donors (Lipinski definition) is 2. The molecule has 0 spiro atoms. The number of rotatable bonds is 7. The molecule has 2 aromatic carbocycles. The summed E-state index contributed by atoms with van der Waals surface area (Å²) in [6.07, 6.45) is 0.238. The van der Waals surface area contributed by atoms with Gasteiger partial charge in [-0.25, -0.2) is 8.78 Å². The van der Waals surface area contributed by atoms with Crippen LogP contribution in [0.3, 0.4) is 0 Å². The molecule has 0 radical (unpaired) electrons. The van der Waals surface area contributed by atoms with Crippen LogP contribution in [0.4, 0.5) is 8.78 Å². The maximum Gasteiger partial charge on any atom is 0.240 e. The quantitative estimate of drug-likeness (QED) is 0.815. The van der Waals surface area contributed by atoms with Crippen molar-refractivity contribution >= 4 is 11.8 Å². The maximum atomic E-state index is 13.5. The fourth-order valence-corrected chi connectivity index (χ4v) is 2.32. The number of primary amides is 1. The molecule has 0 aliphatic rings. The monoisotopic (exact) mass is 332 g/mol. The molecule has 0 aliphatic heterocycles. The van der Waals surface area contributed by atoms with Gasteiger partial charge < -0.3 is 11.1 Å².